The molecule has 5 nitrogen and oxygen atoms in total. The molecule has 0 aliphatic heterocycles. The molecule has 1 aliphatic carbocycles. The number of hydrogen-bond acceptors (Lipinski definition) is 5. The van der Waals surface area contributed by atoms with Gasteiger partial charge in [-0.15, -0.1) is 0 Å². The fourth-order valence-corrected chi connectivity index (χ4v) is 2.20. The van der Waals surface area contributed by atoms with Gasteiger partial charge in [0, 0.05) is 38.7 Å². The molecule has 1 aliphatic rings. The Kier molecular flexibility index (Phi) is 5.17. The molecule has 5 heteroatoms. The molecule has 1 aromatic rings. The van der Waals surface area contributed by atoms with Crippen molar-refractivity contribution >= 4 is 11.6 Å². The summed E-state index contributed by atoms with van der Waals surface area (Å²) in [6.45, 7) is 5.30. The van der Waals surface area contributed by atoms with Crippen LogP contribution in [0.25, 0.3) is 0 Å². The second-order valence-corrected chi connectivity index (χ2v) is 5.78. The summed E-state index contributed by atoms with van der Waals surface area (Å²) in [4.78, 5) is 14.0. The molecule has 0 spiro atoms. The summed E-state index contributed by atoms with van der Waals surface area (Å²) in [6, 6.07) is 2.07. The molecule has 1 fully saturated rings. The van der Waals surface area contributed by atoms with Crippen molar-refractivity contribution in [2.45, 2.75) is 32.1 Å². The summed E-state index contributed by atoms with van der Waals surface area (Å²) in [6.07, 6.45) is 3.60. The Balaban J connectivity index is 2.19. The molecule has 0 aromatic carbocycles. The van der Waals surface area contributed by atoms with Gasteiger partial charge in [0.15, 0.2) is 0 Å². The molecule has 0 radical (unpaired) electrons. The fourth-order valence-electron chi connectivity index (χ4n) is 2.20. The zero-order chi connectivity index (χ0) is 14.5. The van der Waals surface area contributed by atoms with Crippen molar-refractivity contribution in [1.29, 1.82) is 0 Å². The van der Waals surface area contributed by atoms with Gasteiger partial charge in [-0.1, -0.05) is 6.92 Å². The first-order valence-corrected chi connectivity index (χ1v) is 7.60. The van der Waals surface area contributed by atoms with E-state index in [2.05, 4.69) is 47.2 Å². The van der Waals surface area contributed by atoms with E-state index < -0.39 is 0 Å². The SMILES string of the molecule is CCCN(CCN(C)C)c1cc(NC)nc(C2CC2)n1. The molecule has 0 unspecified atom stereocenters. The molecule has 0 amide bonds. The Morgan fingerprint density at radius 2 is 1.95 bits per heavy atom. The van der Waals surface area contributed by atoms with Crippen molar-refractivity contribution in [2.24, 2.45) is 0 Å². The molecular weight excluding hydrogens is 250 g/mol. The summed E-state index contributed by atoms with van der Waals surface area (Å²) in [5, 5.41) is 3.16. The van der Waals surface area contributed by atoms with Crippen molar-refractivity contribution in [2.75, 3.05) is 51.0 Å². The molecular formula is C15H27N5. The predicted octanol–water partition coefficient (Wildman–Crippen LogP) is 2.17. The third kappa shape index (κ3) is 4.07. The van der Waals surface area contributed by atoms with Crippen LogP contribution in [0.15, 0.2) is 6.07 Å². The first kappa shape index (κ1) is 15.0. The molecule has 1 heterocycles. The molecule has 112 valence electrons. The highest BCUT2D eigenvalue weighted by Crippen LogP contribution is 2.39. The van der Waals surface area contributed by atoms with Gasteiger partial charge in [0.05, 0.1) is 0 Å². The largest absolute Gasteiger partial charge is 0.373 e. The number of hydrogen-bond donors (Lipinski definition) is 1. The minimum absolute atomic E-state index is 0.583. The minimum atomic E-state index is 0.583. The smallest absolute Gasteiger partial charge is 0.136 e. The van der Waals surface area contributed by atoms with Gasteiger partial charge >= 0.3 is 0 Å². The van der Waals surface area contributed by atoms with Crippen LogP contribution in [-0.2, 0) is 0 Å². The zero-order valence-electron chi connectivity index (χ0n) is 13.2. The van der Waals surface area contributed by atoms with Gasteiger partial charge in [0.1, 0.15) is 17.5 Å². The van der Waals surface area contributed by atoms with Crippen LogP contribution in [0.4, 0.5) is 11.6 Å². The topological polar surface area (TPSA) is 44.3 Å². The lowest BCUT2D eigenvalue weighted by molar-refractivity contribution is 0.412. The lowest BCUT2D eigenvalue weighted by Gasteiger charge is -2.25. The van der Waals surface area contributed by atoms with E-state index in [1.807, 2.05) is 7.05 Å². The van der Waals surface area contributed by atoms with Crippen LogP contribution in [-0.4, -0.2) is 55.6 Å². The second-order valence-electron chi connectivity index (χ2n) is 5.78. The number of nitrogens with one attached hydrogen (secondary N) is 1. The van der Waals surface area contributed by atoms with E-state index in [9.17, 15) is 0 Å². The van der Waals surface area contributed by atoms with Gasteiger partial charge in [0.2, 0.25) is 0 Å². The maximum atomic E-state index is 4.80. The molecule has 1 saturated carbocycles. The summed E-state index contributed by atoms with van der Waals surface area (Å²) in [7, 11) is 6.14. The number of nitrogens with zero attached hydrogens (tertiary/aromatic N) is 4. The Morgan fingerprint density at radius 3 is 2.50 bits per heavy atom. The lowest BCUT2D eigenvalue weighted by atomic mass is 10.3. The molecule has 0 saturated heterocycles. The Hall–Kier alpha value is -1.36. The average molecular weight is 277 g/mol. The van der Waals surface area contributed by atoms with Crippen molar-refractivity contribution in [1.82, 2.24) is 14.9 Å². The molecule has 2 rings (SSSR count). The highest BCUT2D eigenvalue weighted by atomic mass is 15.2. The van der Waals surface area contributed by atoms with E-state index in [1.54, 1.807) is 0 Å². The van der Waals surface area contributed by atoms with Gasteiger partial charge in [-0.2, -0.15) is 0 Å². The maximum absolute atomic E-state index is 4.80. The van der Waals surface area contributed by atoms with Gasteiger partial charge in [-0.05, 0) is 33.4 Å². The van der Waals surface area contributed by atoms with Gasteiger partial charge in [-0.3, -0.25) is 0 Å². The Morgan fingerprint density at radius 1 is 1.20 bits per heavy atom. The minimum Gasteiger partial charge on any atom is -0.373 e. The molecule has 0 bridgehead atoms. The van der Waals surface area contributed by atoms with Crippen molar-refractivity contribution in [3.8, 4) is 0 Å². The number of anilines is 2. The normalized spacial score (nSPS) is 14.7. The van der Waals surface area contributed by atoms with Crippen LogP contribution < -0.4 is 10.2 Å². The van der Waals surface area contributed by atoms with Crippen LogP contribution >= 0.6 is 0 Å². The first-order valence-electron chi connectivity index (χ1n) is 7.60. The van der Waals surface area contributed by atoms with Crippen molar-refractivity contribution in [3.05, 3.63) is 11.9 Å². The van der Waals surface area contributed by atoms with Crippen molar-refractivity contribution in [3.63, 3.8) is 0 Å². The van der Waals surface area contributed by atoms with Gasteiger partial charge in [0.25, 0.3) is 0 Å². The van der Waals surface area contributed by atoms with Crippen LogP contribution in [0.2, 0.25) is 0 Å². The van der Waals surface area contributed by atoms with Crippen LogP contribution in [0, 0.1) is 0 Å². The number of aromatic nitrogens is 2. The zero-order valence-corrected chi connectivity index (χ0v) is 13.2. The molecule has 20 heavy (non-hydrogen) atoms. The lowest BCUT2D eigenvalue weighted by Crippen LogP contribution is -2.33. The van der Waals surface area contributed by atoms with Gasteiger partial charge in [-0.25, -0.2) is 9.97 Å². The summed E-state index contributed by atoms with van der Waals surface area (Å²) >= 11 is 0. The summed E-state index contributed by atoms with van der Waals surface area (Å²) < 4.78 is 0. The van der Waals surface area contributed by atoms with Crippen LogP contribution in [0.1, 0.15) is 37.9 Å². The van der Waals surface area contributed by atoms with E-state index in [4.69, 9.17) is 4.98 Å². The summed E-state index contributed by atoms with van der Waals surface area (Å²) in [5.74, 6) is 3.59. The van der Waals surface area contributed by atoms with Crippen LogP contribution in [0.3, 0.4) is 0 Å². The fraction of sp³-hybridized carbons (Fsp3) is 0.733. The highest BCUT2D eigenvalue weighted by Gasteiger charge is 2.27. The third-order valence-corrected chi connectivity index (χ3v) is 3.56. The number of rotatable bonds is 8. The van der Waals surface area contributed by atoms with E-state index in [1.165, 1.54) is 12.8 Å². The monoisotopic (exact) mass is 277 g/mol. The average Bonchev–Trinajstić information content (AvgIpc) is 3.27. The quantitative estimate of drug-likeness (QED) is 0.789. The highest BCUT2D eigenvalue weighted by molar-refractivity contribution is 5.49. The maximum Gasteiger partial charge on any atom is 0.136 e. The van der Waals surface area contributed by atoms with Crippen molar-refractivity contribution < 1.29 is 0 Å². The first-order chi connectivity index (χ1) is 9.63. The molecule has 1 N–H and O–H groups in total. The van der Waals surface area contributed by atoms with E-state index in [0.29, 0.717) is 5.92 Å². The third-order valence-electron chi connectivity index (χ3n) is 3.56. The molecule has 1 aromatic heterocycles. The standard InChI is InChI=1S/C15H27N5/c1-5-8-20(10-9-19(3)4)14-11-13(16-2)17-15(18-14)12-6-7-12/h11-12H,5-10H2,1-4H3,(H,16,17,18). The second kappa shape index (κ2) is 6.88. The predicted molar refractivity (Wildman–Crippen MR) is 84.6 cm³/mol. The van der Waals surface area contributed by atoms with E-state index in [0.717, 1.165) is 43.5 Å². The van der Waals surface area contributed by atoms with Crippen LogP contribution in [0.5, 0.6) is 0 Å². The Bertz CT molecular complexity index is 428. The van der Waals surface area contributed by atoms with E-state index in [-0.39, 0.29) is 0 Å². The number of likely N-dealkylation sites (N-methyl/N-ethyl adjacent to an activating group) is 1. The van der Waals surface area contributed by atoms with Gasteiger partial charge < -0.3 is 15.1 Å². The summed E-state index contributed by atoms with van der Waals surface area (Å²) in [5.41, 5.74) is 0. The van der Waals surface area contributed by atoms with E-state index >= 15 is 0 Å². The Labute approximate surface area is 122 Å². The molecule has 0 atom stereocenters.